The Kier molecular flexibility index (Phi) is 30.5. The molecule has 3 unspecified atom stereocenters. The Bertz CT molecular complexity index is 829. The highest BCUT2D eigenvalue weighted by Gasteiger charge is 2.27. The van der Waals surface area contributed by atoms with Gasteiger partial charge in [0.15, 0.2) is 0 Å². The Balaban J connectivity index is 4.13. The van der Waals surface area contributed by atoms with E-state index in [1.165, 1.54) is 122 Å². The normalized spacial score (nSPS) is 14.3. The van der Waals surface area contributed by atoms with E-state index in [0.29, 0.717) is 12.8 Å². The van der Waals surface area contributed by atoms with Gasteiger partial charge in [-0.2, -0.15) is 8.42 Å². The third kappa shape index (κ3) is 31.2. The number of nitrogens with one attached hydrogen (secondary N) is 1. The number of aliphatic hydroxyl groups excluding tert-OH is 2. The van der Waals surface area contributed by atoms with E-state index in [0.717, 1.165) is 32.1 Å². The first-order valence-electron chi connectivity index (χ1n) is 18.6. The summed E-state index contributed by atoms with van der Waals surface area (Å²) in [5, 5.41) is 23.3. The third-order valence-corrected chi connectivity index (χ3v) is 9.27. The molecule has 0 radical (unpaired) electrons. The van der Waals surface area contributed by atoms with Crippen molar-refractivity contribution in [2.45, 2.75) is 199 Å². The summed E-state index contributed by atoms with van der Waals surface area (Å²) < 4.78 is 32.4. The molecule has 0 aromatic heterocycles. The molecule has 0 bridgehead atoms. The number of unbranched alkanes of at least 4 members (excludes halogenated alkanes) is 22. The van der Waals surface area contributed by atoms with E-state index in [4.69, 9.17) is 0 Å². The van der Waals surface area contributed by atoms with Crippen LogP contribution in [-0.2, 0) is 14.9 Å². The first kappa shape index (κ1) is 43.8. The summed E-state index contributed by atoms with van der Waals surface area (Å²) in [4.78, 5) is 12.5. The Morgan fingerprint density at radius 1 is 0.600 bits per heavy atom. The quantitative estimate of drug-likeness (QED) is 0.0317. The van der Waals surface area contributed by atoms with Gasteiger partial charge in [-0.05, 0) is 32.1 Å². The van der Waals surface area contributed by atoms with Gasteiger partial charge in [-0.15, -0.1) is 0 Å². The molecule has 0 aliphatic heterocycles. The number of hydrogen-bond acceptors (Lipinski definition) is 5. The summed E-state index contributed by atoms with van der Waals surface area (Å²) in [5.41, 5.74) is 0. The van der Waals surface area contributed by atoms with E-state index < -0.39 is 40.0 Å². The highest BCUT2D eigenvalue weighted by molar-refractivity contribution is 7.85. The van der Waals surface area contributed by atoms with Crippen molar-refractivity contribution < 1.29 is 28.0 Å². The molecule has 45 heavy (non-hydrogen) atoms. The van der Waals surface area contributed by atoms with E-state index in [1.54, 1.807) is 6.08 Å². The first-order chi connectivity index (χ1) is 21.7. The minimum absolute atomic E-state index is 0.278. The number of carbonyl (C=O) groups excluding carboxylic acids is 1. The Labute approximate surface area is 277 Å². The number of rotatable bonds is 33. The molecule has 0 aromatic carbocycles. The molecule has 0 saturated heterocycles. The molecule has 8 heteroatoms. The van der Waals surface area contributed by atoms with Crippen LogP contribution in [0.4, 0.5) is 0 Å². The first-order valence-corrected chi connectivity index (χ1v) is 20.3. The summed E-state index contributed by atoms with van der Waals surface area (Å²) in [5.74, 6) is -1.55. The maximum Gasteiger partial charge on any atom is 0.267 e. The second kappa shape index (κ2) is 31.4. The van der Waals surface area contributed by atoms with Gasteiger partial charge in [0.2, 0.25) is 5.91 Å². The average molecular weight is 658 g/mol. The van der Waals surface area contributed by atoms with Crippen LogP contribution < -0.4 is 5.32 Å². The molecule has 7 nitrogen and oxygen atoms in total. The van der Waals surface area contributed by atoms with E-state index >= 15 is 0 Å². The van der Waals surface area contributed by atoms with Crippen molar-refractivity contribution >= 4 is 16.0 Å². The average Bonchev–Trinajstić information content (AvgIpc) is 3.00. The molecule has 0 rings (SSSR count). The highest BCUT2D eigenvalue weighted by atomic mass is 32.2. The van der Waals surface area contributed by atoms with E-state index in [-0.39, 0.29) is 6.42 Å². The zero-order valence-electron chi connectivity index (χ0n) is 29.1. The maximum absolute atomic E-state index is 12.5. The molecule has 0 spiro atoms. The summed E-state index contributed by atoms with van der Waals surface area (Å²) in [6, 6.07) is -1.24. The molecule has 0 aliphatic rings. The zero-order valence-corrected chi connectivity index (χ0v) is 29.9. The van der Waals surface area contributed by atoms with Crippen LogP contribution >= 0.6 is 0 Å². The Hall–Kier alpha value is -1.22. The number of aliphatic hydroxyl groups is 2. The van der Waals surface area contributed by atoms with Crippen molar-refractivity contribution in [2.75, 3.05) is 5.75 Å². The SMILES string of the molecule is CCCCCCCCC/C=C/CC/C=C/C(O)C(CS(=O)(=O)O)NC(=O)C(O)CCCCCCCCCCCCCCCCC. The van der Waals surface area contributed by atoms with Gasteiger partial charge < -0.3 is 15.5 Å². The lowest BCUT2D eigenvalue weighted by Crippen LogP contribution is -2.50. The predicted molar refractivity (Wildman–Crippen MR) is 190 cm³/mol. The minimum Gasteiger partial charge on any atom is -0.387 e. The van der Waals surface area contributed by atoms with Crippen LogP contribution in [0.2, 0.25) is 0 Å². The molecule has 0 aliphatic carbocycles. The lowest BCUT2D eigenvalue weighted by Gasteiger charge is -2.22. The second-order valence-electron chi connectivity index (χ2n) is 13.0. The second-order valence-corrected chi connectivity index (χ2v) is 14.5. The van der Waals surface area contributed by atoms with Crippen LogP contribution in [0.3, 0.4) is 0 Å². The predicted octanol–water partition coefficient (Wildman–Crippen LogP) is 9.38. The molecule has 0 heterocycles. The van der Waals surface area contributed by atoms with Crippen LogP contribution in [-0.4, -0.2) is 53.1 Å². The van der Waals surface area contributed by atoms with Crippen molar-refractivity contribution in [3.05, 3.63) is 24.3 Å². The van der Waals surface area contributed by atoms with Crippen LogP contribution in [0.1, 0.15) is 181 Å². The van der Waals surface area contributed by atoms with Gasteiger partial charge in [-0.25, -0.2) is 0 Å². The van der Waals surface area contributed by atoms with Gasteiger partial charge in [0.25, 0.3) is 10.1 Å². The molecule has 4 N–H and O–H groups in total. The van der Waals surface area contributed by atoms with Crippen LogP contribution in [0, 0.1) is 0 Å². The minimum atomic E-state index is -4.44. The van der Waals surface area contributed by atoms with E-state index in [1.807, 2.05) is 0 Å². The fourth-order valence-electron chi connectivity index (χ4n) is 5.59. The number of allylic oxidation sites excluding steroid dienone is 3. The molecule has 0 saturated carbocycles. The van der Waals surface area contributed by atoms with Crippen LogP contribution in [0.5, 0.6) is 0 Å². The van der Waals surface area contributed by atoms with Crippen molar-refractivity contribution in [2.24, 2.45) is 0 Å². The van der Waals surface area contributed by atoms with Gasteiger partial charge >= 0.3 is 0 Å². The van der Waals surface area contributed by atoms with Crippen molar-refractivity contribution in [3.63, 3.8) is 0 Å². The molecule has 3 atom stereocenters. The van der Waals surface area contributed by atoms with Gasteiger partial charge in [-0.3, -0.25) is 9.35 Å². The molecular weight excluding hydrogens is 586 g/mol. The summed E-state index contributed by atoms with van der Waals surface area (Å²) in [6.45, 7) is 4.48. The summed E-state index contributed by atoms with van der Waals surface area (Å²) >= 11 is 0. The highest BCUT2D eigenvalue weighted by Crippen LogP contribution is 2.15. The van der Waals surface area contributed by atoms with Crippen LogP contribution in [0.25, 0.3) is 0 Å². The lowest BCUT2D eigenvalue weighted by atomic mass is 10.0. The molecule has 0 fully saturated rings. The monoisotopic (exact) mass is 658 g/mol. The van der Waals surface area contributed by atoms with E-state index in [9.17, 15) is 28.0 Å². The third-order valence-electron chi connectivity index (χ3n) is 8.49. The lowest BCUT2D eigenvalue weighted by molar-refractivity contribution is -0.130. The molecule has 0 aromatic rings. The van der Waals surface area contributed by atoms with Gasteiger partial charge in [0.1, 0.15) is 6.10 Å². The largest absolute Gasteiger partial charge is 0.387 e. The van der Waals surface area contributed by atoms with Gasteiger partial charge in [-0.1, -0.05) is 173 Å². The number of amides is 1. The smallest absolute Gasteiger partial charge is 0.267 e. The van der Waals surface area contributed by atoms with E-state index in [2.05, 4.69) is 31.3 Å². The number of carbonyl (C=O) groups is 1. The standard InChI is InChI=1S/C37H71NO6S/c1-3-5-7-9-11-13-15-17-18-20-22-24-26-28-30-32-36(40)37(41)38-34(33-45(42,43)44)35(39)31-29-27-25-23-21-19-16-14-12-10-8-6-4-2/h21,23,29,31,34-36,39-40H,3-20,22,24-28,30,32-33H2,1-2H3,(H,38,41)(H,42,43,44)/b23-21+,31-29+. The zero-order chi connectivity index (χ0) is 33.4. The molecule has 1 amide bonds. The summed E-state index contributed by atoms with van der Waals surface area (Å²) in [7, 11) is -4.44. The number of hydrogen-bond donors (Lipinski definition) is 4. The van der Waals surface area contributed by atoms with Gasteiger partial charge in [0, 0.05) is 0 Å². The topological polar surface area (TPSA) is 124 Å². The fraction of sp³-hybridized carbons (Fsp3) is 0.865. The van der Waals surface area contributed by atoms with Crippen molar-refractivity contribution in [1.29, 1.82) is 0 Å². The van der Waals surface area contributed by atoms with Crippen LogP contribution in [0.15, 0.2) is 24.3 Å². The Morgan fingerprint density at radius 3 is 1.47 bits per heavy atom. The van der Waals surface area contributed by atoms with Gasteiger partial charge in [0.05, 0.1) is 17.9 Å². The van der Waals surface area contributed by atoms with Crippen molar-refractivity contribution in [3.8, 4) is 0 Å². The van der Waals surface area contributed by atoms with Crippen molar-refractivity contribution in [1.82, 2.24) is 5.32 Å². The summed E-state index contributed by atoms with van der Waals surface area (Å²) in [6.07, 6.45) is 35.2. The Morgan fingerprint density at radius 2 is 1.00 bits per heavy atom. The molecule has 266 valence electrons. The molecular formula is C37H71NO6S. The maximum atomic E-state index is 12.5. The fourth-order valence-corrected chi connectivity index (χ4v) is 6.32.